The molecule has 0 aromatic heterocycles. The number of rotatable bonds is 5. The van der Waals surface area contributed by atoms with E-state index in [0.717, 1.165) is 19.3 Å². The molecule has 27 heavy (non-hydrogen) atoms. The summed E-state index contributed by atoms with van der Waals surface area (Å²) in [7, 11) is -4.10. The van der Waals surface area contributed by atoms with Gasteiger partial charge in [-0.15, -0.1) is 0 Å². The summed E-state index contributed by atoms with van der Waals surface area (Å²) in [5.74, 6) is -1.02. The van der Waals surface area contributed by atoms with Gasteiger partial charge in [0.1, 0.15) is 24.2 Å². The Morgan fingerprint density at radius 2 is 2.00 bits per heavy atom. The largest absolute Gasteiger partial charge is 0.486 e. The summed E-state index contributed by atoms with van der Waals surface area (Å²) in [4.78, 5) is 11.8. The van der Waals surface area contributed by atoms with Gasteiger partial charge >= 0.3 is 5.97 Å². The summed E-state index contributed by atoms with van der Waals surface area (Å²) < 4.78 is 45.1. The van der Waals surface area contributed by atoms with E-state index < -0.39 is 22.0 Å². The highest BCUT2D eigenvalue weighted by Crippen LogP contribution is 2.45. The highest BCUT2D eigenvalue weighted by Gasteiger charge is 2.46. The standard InChI is InChI=1S/C18H23NO7S/c20-17(21)15(12-5-8-26-18(11-12)6-2-7-18)19-27(22,23)14-4-1-3-13-16(14)25-10-9-24-13/h1,3-4,12,15,19H,2,5-11H2,(H,20,21). The maximum atomic E-state index is 13.0. The lowest BCUT2D eigenvalue weighted by Gasteiger charge is -2.48. The molecule has 4 rings (SSSR count). The van der Waals surface area contributed by atoms with Gasteiger partial charge in [-0.05, 0) is 50.2 Å². The van der Waals surface area contributed by atoms with Crippen molar-refractivity contribution < 1.29 is 32.5 Å². The molecule has 1 aromatic rings. The van der Waals surface area contributed by atoms with Gasteiger partial charge in [-0.2, -0.15) is 4.72 Å². The molecule has 2 heterocycles. The van der Waals surface area contributed by atoms with Crippen LogP contribution in [0.25, 0.3) is 0 Å². The van der Waals surface area contributed by atoms with Crippen LogP contribution in [0.15, 0.2) is 23.1 Å². The number of benzene rings is 1. The normalized spacial score (nSPS) is 24.8. The molecule has 1 saturated carbocycles. The Kier molecular flexibility index (Phi) is 4.77. The van der Waals surface area contributed by atoms with E-state index in [1.165, 1.54) is 6.07 Å². The Morgan fingerprint density at radius 1 is 1.22 bits per heavy atom. The Balaban J connectivity index is 1.59. The molecule has 0 bridgehead atoms. The number of sulfonamides is 1. The second kappa shape index (κ2) is 6.96. The molecule has 8 nitrogen and oxygen atoms in total. The van der Waals surface area contributed by atoms with Gasteiger partial charge in [-0.25, -0.2) is 8.42 Å². The molecular weight excluding hydrogens is 374 g/mol. The molecule has 9 heteroatoms. The average Bonchev–Trinajstić information content (AvgIpc) is 2.64. The van der Waals surface area contributed by atoms with Crippen LogP contribution in [0.2, 0.25) is 0 Å². The first-order valence-corrected chi connectivity index (χ1v) is 10.7. The highest BCUT2D eigenvalue weighted by atomic mass is 32.2. The van der Waals surface area contributed by atoms with Crippen molar-refractivity contribution in [3.8, 4) is 11.5 Å². The number of fused-ring (bicyclic) bond motifs is 1. The van der Waals surface area contributed by atoms with Crippen molar-refractivity contribution in [1.82, 2.24) is 4.72 Å². The number of carboxylic acid groups (broad SMARTS) is 1. The summed E-state index contributed by atoms with van der Waals surface area (Å²) >= 11 is 0. The Bertz CT molecular complexity index is 834. The fourth-order valence-corrected chi connectivity index (χ4v) is 5.52. The van der Waals surface area contributed by atoms with Crippen molar-refractivity contribution in [3.05, 3.63) is 18.2 Å². The number of ether oxygens (including phenoxy) is 3. The van der Waals surface area contributed by atoms with Gasteiger partial charge in [0.05, 0.1) is 5.60 Å². The number of carboxylic acids is 1. The van der Waals surface area contributed by atoms with Crippen LogP contribution in [0.3, 0.4) is 0 Å². The molecular formula is C18H23NO7S. The number of nitrogens with one attached hydrogen (secondary N) is 1. The number of hydrogen-bond donors (Lipinski definition) is 2. The number of para-hydroxylation sites is 1. The third kappa shape index (κ3) is 3.51. The molecule has 2 aliphatic heterocycles. The van der Waals surface area contributed by atoms with E-state index in [1.54, 1.807) is 12.1 Å². The summed E-state index contributed by atoms with van der Waals surface area (Å²) in [6, 6.07) is 3.36. The van der Waals surface area contributed by atoms with E-state index >= 15 is 0 Å². The first-order chi connectivity index (χ1) is 12.9. The lowest BCUT2D eigenvalue weighted by molar-refractivity contribution is -0.157. The summed E-state index contributed by atoms with van der Waals surface area (Å²) in [5.41, 5.74) is -0.273. The van der Waals surface area contributed by atoms with Crippen LogP contribution in [-0.4, -0.2) is 51.0 Å². The summed E-state index contributed by atoms with van der Waals surface area (Å²) in [5, 5.41) is 9.71. The molecule has 2 unspecified atom stereocenters. The third-order valence-electron chi connectivity index (χ3n) is 5.64. The second-order valence-electron chi connectivity index (χ2n) is 7.36. The van der Waals surface area contributed by atoms with Crippen LogP contribution >= 0.6 is 0 Å². The molecule has 1 aromatic carbocycles. The number of hydrogen-bond acceptors (Lipinski definition) is 6. The lowest BCUT2D eigenvalue weighted by Crippen LogP contribution is -2.53. The van der Waals surface area contributed by atoms with Crippen LogP contribution < -0.4 is 14.2 Å². The fraction of sp³-hybridized carbons (Fsp3) is 0.611. The van der Waals surface area contributed by atoms with Gasteiger partial charge in [-0.1, -0.05) is 6.07 Å². The molecule has 3 aliphatic rings. The highest BCUT2D eigenvalue weighted by molar-refractivity contribution is 7.89. The Morgan fingerprint density at radius 3 is 2.70 bits per heavy atom. The van der Waals surface area contributed by atoms with Gasteiger partial charge in [-0.3, -0.25) is 4.79 Å². The first-order valence-electron chi connectivity index (χ1n) is 9.18. The quantitative estimate of drug-likeness (QED) is 0.775. The fourth-order valence-electron chi connectivity index (χ4n) is 4.11. The maximum Gasteiger partial charge on any atom is 0.322 e. The van der Waals surface area contributed by atoms with Crippen LogP contribution in [0.5, 0.6) is 11.5 Å². The summed E-state index contributed by atoms with van der Waals surface area (Å²) in [6.07, 6.45) is 3.93. The second-order valence-corrected chi connectivity index (χ2v) is 9.04. The van der Waals surface area contributed by atoms with Gasteiger partial charge in [0.2, 0.25) is 10.0 Å². The predicted octanol–water partition coefficient (Wildman–Crippen LogP) is 1.54. The molecule has 1 saturated heterocycles. The molecule has 2 fully saturated rings. The molecule has 1 aliphatic carbocycles. The van der Waals surface area contributed by atoms with Crippen LogP contribution in [0, 0.1) is 5.92 Å². The zero-order valence-electron chi connectivity index (χ0n) is 14.8. The van der Waals surface area contributed by atoms with Crippen molar-refractivity contribution in [2.45, 2.75) is 48.6 Å². The van der Waals surface area contributed by atoms with Crippen molar-refractivity contribution in [2.75, 3.05) is 19.8 Å². The monoisotopic (exact) mass is 397 g/mol. The van der Waals surface area contributed by atoms with Gasteiger partial charge < -0.3 is 19.3 Å². The summed E-state index contributed by atoms with van der Waals surface area (Å²) in [6.45, 7) is 1.03. The van der Waals surface area contributed by atoms with Gasteiger partial charge in [0.15, 0.2) is 11.5 Å². The average molecular weight is 397 g/mol. The van der Waals surface area contributed by atoms with E-state index in [4.69, 9.17) is 14.2 Å². The van der Waals surface area contributed by atoms with E-state index in [1.807, 2.05) is 0 Å². The van der Waals surface area contributed by atoms with Crippen molar-refractivity contribution in [1.29, 1.82) is 0 Å². The zero-order chi connectivity index (χ0) is 19.1. The van der Waals surface area contributed by atoms with Gasteiger partial charge in [0.25, 0.3) is 0 Å². The zero-order valence-corrected chi connectivity index (χ0v) is 15.7. The predicted molar refractivity (Wildman–Crippen MR) is 94.4 cm³/mol. The van der Waals surface area contributed by atoms with Crippen LogP contribution in [0.1, 0.15) is 32.1 Å². The van der Waals surface area contributed by atoms with E-state index in [-0.39, 0.29) is 28.8 Å². The maximum absolute atomic E-state index is 13.0. The van der Waals surface area contributed by atoms with E-state index in [0.29, 0.717) is 31.8 Å². The first kappa shape index (κ1) is 18.5. The smallest absolute Gasteiger partial charge is 0.322 e. The molecule has 2 N–H and O–H groups in total. The number of carbonyl (C=O) groups is 1. The third-order valence-corrected chi connectivity index (χ3v) is 7.10. The minimum Gasteiger partial charge on any atom is -0.486 e. The van der Waals surface area contributed by atoms with Crippen molar-refractivity contribution in [3.63, 3.8) is 0 Å². The Hall–Kier alpha value is -1.84. The van der Waals surface area contributed by atoms with E-state index in [9.17, 15) is 18.3 Å². The molecule has 0 radical (unpaired) electrons. The minimum atomic E-state index is -4.10. The van der Waals surface area contributed by atoms with Crippen molar-refractivity contribution >= 4 is 16.0 Å². The molecule has 1 spiro atoms. The lowest BCUT2D eigenvalue weighted by atomic mass is 9.70. The topological polar surface area (TPSA) is 111 Å². The Labute approximate surface area is 157 Å². The van der Waals surface area contributed by atoms with Gasteiger partial charge in [0, 0.05) is 6.61 Å². The van der Waals surface area contributed by atoms with Crippen LogP contribution in [0.4, 0.5) is 0 Å². The molecule has 0 amide bonds. The SMILES string of the molecule is O=C(O)C(NS(=O)(=O)c1cccc2c1OCCO2)C1CCOC2(CCC2)C1. The molecule has 148 valence electrons. The molecule has 2 atom stereocenters. The number of aliphatic carboxylic acids is 1. The van der Waals surface area contributed by atoms with Crippen LogP contribution in [-0.2, 0) is 19.6 Å². The van der Waals surface area contributed by atoms with E-state index in [2.05, 4.69) is 4.72 Å². The minimum absolute atomic E-state index is 0.101. The van der Waals surface area contributed by atoms with Crippen molar-refractivity contribution in [2.24, 2.45) is 5.92 Å².